The standard InChI is InChI=1S/C58H81BN2O/c1-20-26-41(21-2)59(52-35-40-34-46-47(36-51(40)62-52)57(16,17)31-30-56(46,14)15)48(37-60-32-29-45(55(11,12)13)43(22-3)54(8,9)10)50(33-38(5)6)61-49(23-4)53-39(7)58(18,19)44-28-25-24-27-42(44)53/h20-29,33-36,49,53,60-61H,4,7,30-32,37H2,1-3,5-6,8-19H3/b26-20-,41-21+,43-22+,45-29+,50-48-. The van der Waals surface area contributed by atoms with Crippen LogP contribution in [0.25, 0.3) is 11.0 Å². The molecule has 3 aromatic rings. The van der Waals surface area contributed by atoms with Crippen molar-refractivity contribution in [3.05, 3.63) is 159 Å². The first-order valence-electron chi connectivity index (χ1n) is 23.4. The maximum Gasteiger partial charge on any atom is 0.286 e. The lowest BCUT2D eigenvalue weighted by Crippen LogP contribution is -2.42. The molecular weight excluding hydrogens is 751 g/mol. The van der Waals surface area contributed by atoms with Gasteiger partial charge in [0.15, 0.2) is 0 Å². The van der Waals surface area contributed by atoms with Gasteiger partial charge >= 0.3 is 0 Å². The summed E-state index contributed by atoms with van der Waals surface area (Å²) in [6.45, 7) is 49.4. The Labute approximate surface area is 378 Å². The van der Waals surface area contributed by atoms with E-state index in [-0.39, 0.29) is 45.7 Å². The molecule has 0 saturated heterocycles. The second kappa shape index (κ2) is 18.4. The monoisotopic (exact) mass is 833 g/mol. The van der Waals surface area contributed by atoms with Crippen molar-refractivity contribution in [2.24, 2.45) is 10.8 Å². The Bertz CT molecular complexity index is 2290. The van der Waals surface area contributed by atoms with Gasteiger partial charge in [-0.1, -0.05) is 172 Å². The number of benzene rings is 2. The molecule has 332 valence electrons. The highest BCUT2D eigenvalue weighted by Crippen LogP contribution is 2.51. The largest absolute Gasteiger partial charge is 0.470 e. The van der Waals surface area contributed by atoms with Crippen LogP contribution in [0.4, 0.5) is 0 Å². The molecular formula is C58H81BN2O. The van der Waals surface area contributed by atoms with Crippen LogP contribution in [0.3, 0.4) is 0 Å². The number of furan rings is 1. The van der Waals surface area contributed by atoms with Crippen LogP contribution >= 0.6 is 0 Å². The summed E-state index contributed by atoms with van der Waals surface area (Å²) in [7, 11) is 0. The fourth-order valence-electron chi connectivity index (χ4n) is 10.4. The van der Waals surface area contributed by atoms with Crippen molar-refractivity contribution >= 4 is 23.3 Å². The van der Waals surface area contributed by atoms with Crippen LogP contribution in [0, 0.1) is 10.8 Å². The molecule has 1 aromatic heterocycles. The van der Waals surface area contributed by atoms with E-state index in [1.54, 1.807) is 0 Å². The van der Waals surface area contributed by atoms with Crippen LogP contribution in [0.2, 0.25) is 0 Å². The van der Waals surface area contributed by atoms with E-state index in [2.05, 4.69) is 220 Å². The third-order valence-corrected chi connectivity index (χ3v) is 14.0. The average Bonchev–Trinajstić information content (AvgIpc) is 3.68. The molecule has 2 aromatic carbocycles. The summed E-state index contributed by atoms with van der Waals surface area (Å²) < 4.78 is 7.18. The molecule has 2 N–H and O–H groups in total. The summed E-state index contributed by atoms with van der Waals surface area (Å²) in [5, 5.41) is 9.29. The Morgan fingerprint density at radius 2 is 1.47 bits per heavy atom. The molecule has 3 nitrogen and oxygen atoms in total. The van der Waals surface area contributed by atoms with E-state index >= 15 is 0 Å². The molecule has 5 rings (SSSR count). The summed E-state index contributed by atoms with van der Waals surface area (Å²) in [5.74, 6) is 0.0572. The fourth-order valence-corrected chi connectivity index (χ4v) is 10.4. The second-order valence-corrected chi connectivity index (χ2v) is 22.3. The molecule has 62 heavy (non-hydrogen) atoms. The lowest BCUT2D eigenvalue weighted by Gasteiger charge is -2.41. The maximum absolute atomic E-state index is 7.18. The van der Waals surface area contributed by atoms with Gasteiger partial charge in [-0.05, 0) is 127 Å². The molecule has 2 unspecified atom stereocenters. The van der Waals surface area contributed by atoms with E-state index in [9.17, 15) is 0 Å². The van der Waals surface area contributed by atoms with Crippen molar-refractivity contribution in [2.45, 2.75) is 159 Å². The smallest absolute Gasteiger partial charge is 0.286 e. The SMILES string of the molecule is C=CC(N/C(C=C(C)C)=C(/CNC/C=C(\C(=C/C)C(C)(C)C)C(C)(C)C)B(C(/C=C\C)=C/C)c1cc2cc3c(cc2o1)C(C)(C)CCC3(C)C)C1C(=C)C(C)(C)c2ccccc21. The molecule has 2 aliphatic rings. The Hall–Kier alpha value is -4.28. The van der Waals surface area contributed by atoms with Crippen molar-refractivity contribution in [2.75, 3.05) is 13.1 Å². The van der Waals surface area contributed by atoms with Crippen molar-refractivity contribution in [1.29, 1.82) is 0 Å². The third-order valence-electron chi connectivity index (χ3n) is 14.0. The quantitative estimate of drug-likeness (QED) is 0.0735. The first kappa shape index (κ1) is 48.8. The molecule has 0 saturated carbocycles. The summed E-state index contributed by atoms with van der Waals surface area (Å²) in [6, 6.07) is 15.9. The highest BCUT2D eigenvalue weighted by atomic mass is 16.3. The van der Waals surface area contributed by atoms with E-state index in [1.165, 1.54) is 67.3 Å². The van der Waals surface area contributed by atoms with Crippen molar-refractivity contribution in [3.8, 4) is 0 Å². The van der Waals surface area contributed by atoms with Gasteiger partial charge in [-0.25, -0.2) is 0 Å². The van der Waals surface area contributed by atoms with Crippen LogP contribution in [-0.2, 0) is 16.2 Å². The first-order valence-corrected chi connectivity index (χ1v) is 23.4. The molecule has 0 fully saturated rings. The molecule has 0 amide bonds. The zero-order valence-electron chi connectivity index (χ0n) is 42.0. The van der Waals surface area contributed by atoms with Gasteiger partial charge in [0.25, 0.3) is 6.71 Å². The molecule has 2 atom stereocenters. The Kier molecular flexibility index (Phi) is 14.5. The normalized spacial score (nSPS) is 19.9. The average molecular weight is 833 g/mol. The maximum atomic E-state index is 7.18. The minimum atomic E-state index is -0.181. The number of hydrogen-bond acceptors (Lipinski definition) is 3. The molecule has 0 radical (unpaired) electrons. The summed E-state index contributed by atoms with van der Waals surface area (Å²) >= 11 is 0. The molecule has 0 spiro atoms. The number of hydrogen-bond donors (Lipinski definition) is 2. The highest BCUT2D eigenvalue weighted by molar-refractivity contribution is 6.86. The van der Waals surface area contributed by atoms with Gasteiger partial charge < -0.3 is 15.1 Å². The van der Waals surface area contributed by atoms with E-state index in [1.807, 2.05) is 0 Å². The number of allylic oxidation sites excluding steroid dienone is 9. The van der Waals surface area contributed by atoms with Crippen LogP contribution in [0.1, 0.15) is 159 Å². The van der Waals surface area contributed by atoms with E-state index in [4.69, 9.17) is 11.0 Å². The zero-order valence-corrected chi connectivity index (χ0v) is 42.0. The van der Waals surface area contributed by atoms with Crippen molar-refractivity contribution in [1.82, 2.24) is 10.6 Å². The minimum Gasteiger partial charge on any atom is -0.470 e. The fraction of sp³-hybridized carbons (Fsp3) is 0.483. The first-order chi connectivity index (χ1) is 28.8. The summed E-state index contributed by atoms with van der Waals surface area (Å²) in [6.07, 6.45) is 18.2. The Balaban J connectivity index is 1.77. The molecule has 1 heterocycles. The topological polar surface area (TPSA) is 37.2 Å². The van der Waals surface area contributed by atoms with E-state index < -0.39 is 0 Å². The molecule has 4 heteroatoms. The van der Waals surface area contributed by atoms with Crippen molar-refractivity contribution in [3.63, 3.8) is 0 Å². The van der Waals surface area contributed by atoms with Gasteiger partial charge in [0, 0.05) is 35.5 Å². The molecule has 0 aliphatic heterocycles. The van der Waals surface area contributed by atoms with Crippen LogP contribution in [-0.4, -0.2) is 25.8 Å². The Morgan fingerprint density at radius 1 is 0.855 bits per heavy atom. The Morgan fingerprint density at radius 3 is 2.02 bits per heavy atom. The van der Waals surface area contributed by atoms with Gasteiger partial charge in [0.1, 0.15) is 5.58 Å². The lowest BCUT2D eigenvalue weighted by atomic mass is 9.37. The van der Waals surface area contributed by atoms with Crippen molar-refractivity contribution < 1.29 is 4.42 Å². The highest BCUT2D eigenvalue weighted by Gasteiger charge is 2.44. The van der Waals surface area contributed by atoms with Gasteiger partial charge in [-0.15, -0.1) is 6.58 Å². The number of nitrogens with one attached hydrogen (secondary N) is 2. The number of fused-ring (bicyclic) bond motifs is 3. The lowest BCUT2D eigenvalue weighted by molar-refractivity contribution is 0.332. The van der Waals surface area contributed by atoms with E-state index in [0.29, 0.717) is 6.54 Å². The minimum absolute atomic E-state index is 0.0156. The summed E-state index contributed by atoms with van der Waals surface area (Å²) in [5.41, 5.74) is 16.1. The van der Waals surface area contributed by atoms with Gasteiger partial charge in [-0.3, -0.25) is 0 Å². The number of rotatable bonds is 14. The zero-order chi connectivity index (χ0) is 46.2. The van der Waals surface area contributed by atoms with Crippen LogP contribution in [0.5, 0.6) is 0 Å². The van der Waals surface area contributed by atoms with Crippen LogP contribution in [0.15, 0.2) is 142 Å². The molecule has 0 bridgehead atoms. The van der Waals surface area contributed by atoms with Gasteiger partial charge in [0.2, 0.25) is 0 Å². The van der Waals surface area contributed by atoms with E-state index in [0.717, 1.165) is 29.9 Å². The van der Waals surface area contributed by atoms with Gasteiger partial charge in [-0.2, -0.15) is 0 Å². The van der Waals surface area contributed by atoms with Crippen LogP contribution < -0.4 is 16.3 Å². The molecule has 2 aliphatic carbocycles. The predicted molar refractivity (Wildman–Crippen MR) is 274 cm³/mol. The van der Waals surface area contributed by atoms with Gasteiger partial charge in [0.05, 0.1) is 11.7 Å². The predicted octanol–water partition coefficient (Wildman–Crippen LogP) is 14.6. The summed E-state index contributed by atoms with van der Waals surface area (Å²) in [4.78, 5) is 0. The second-order valence-electron chi connectivity index (χ2n) is 22.3. The third kappa shape index (κ3) is 9.92.